The van der Waals surface area contributed by atoms with Crippen molar-refractivity contribution in [1.82, 2.24) is 14.8 Å². The number of aromatic nitrogens is 1. The minimum atomic E-state index is -4.61. The number of rotatable bonds is 8. The van der Waals surface area contributed by atoms with Gasteiger partial charge in [0.2, 0.25) is 5.88 Å². The molecule has 1 aromatic heterocycles. The zero-order chi connectivity index (χ0) is 25.5. The number of carbonyl (C=O) groups is 1. The SMILES string of the molecule is O=C(c1ccccc1C(F)(F)F)N1CCN(C(O)[N-]Cc2ccnc(OCc3ccccc3)c2)CC1. The van der Waals surface area contributed by atoms with Gasteiger partial charge in [-0.15, -0.1) is 6.54 Å². The van der Waals surface area contributed by atoms with Crippen LogP contribution in [0.2, 0.25) is 0 Å². The number of aliphatic hydroxyl groups is 1. The average molecular weight is 500 g/mol. The number of hydrogen-bond donors (Lipinski definition) is 1. The number of pyridine rings is 1. The summed E-state index contributed by atoms with van der Waals surface area (Å²) in [7, 11) is 0. The highest BCUT2D eigenvalue weighted by Crippen LogP contribution is 2.32. The Morgan fingerprint density at radius 3 is 2.42 bits per heavy atom. The maximum absolute atomic E-state index is 13.3. The number of halogens is 3. The third-order valence-corrected chi connectivity index (χ3v) is 5.86. The number of carbonyl (C=O) groups excluding carboxylic acids is 1. The molecule has 1 atom stereocenters. The molecule has 0 bridgehead atoms. The van der Waals surface area contributed by atoms with Gasteiger partial charge in [-0.2, -0.15) is 13.2 Å². The summed E-state index contributed by atoms with van der Waals surface area (Å²) in [6.07, 6.45) is -4.10. The highest BCUT2D eigenvalue weighted by molar-refractivity contribution is 5.96. The van der Waals surface area contributed by atoms with Crippen LogP contribution >= 0.6 is 0 Å². The van der Waals surface area contributed by atoms with Crippen molar-refractivity contribution in [3.05, 3.63) is 100 Å². The fourth-order valence-corrected chi connectivity index (χ4v) is 3.90. The lowest BCUT2D eigenvalue weighted by molar-refractivity contribution is -0.138. The van der Waals surface area contributed by atoms with E-state index in [2.05, 4.69) is 10.3 Å². The quantitative estimate of drug-likeness (QED) is 0.500. The topological polar surface area (TPSA) is 80.0 Å². The summed E-state index contributed by atoms with van der Waals surface area (Å²) in [5.41, 5.74) is 0.512. The van der Waals surface area contributed by atoms with Gasteiger partial charge in [0.25, 0.3) is 5.91 Å². The van der Waals surface area contributed by atoms with Gasteiger partial charge in [-0.1, -0.05) is 48.0 Å². The Balaban J connectivity index is 1.26. The molecule has 1 amide bonds. The van der Waals surface area contributed by atoms with Crippen molar-refractivity contribution in [3.63, 3.8) is 0 Å². The number of amides is 1. The number of piperazine rings is 1. The Kier molecular flexibility index (Phi) is 8.19. The van der Waals surface area contributed by atoms with Crippen LogP contribution in [0, 0.1) is 0 Å². The molecule has 0 saturated carbocycles. The van der Waals surface area contributed by atoms with E-state index in [0.29, 0.717) is 12.5 Å². The van der Waals surface area contributed by atoms with Crippen LogP contribution in [0.4, 0.5) is 13.2 Å². The third-order valence-electron chi connectivity index (χ3n) is 5.86. The smallest absolute Gasteiger partial charge is 0.417 e. The molecule has 1 N–H and O–H groups in total. The highest BCUT2D eigenvalue weighted by atomic mass is 19.4. The van der Waals surface area contributed by atoms with Crippen molar-refractivity contribution in [2.75, 3.05) is 26.2 Å². The van der Waals surface area contributed by atoms with Crippen LogP contribution in [0.3, 0.4) is 0 Å². The fourth-order valence-electron chi connectivity index (χ4n) is 3.90. The predicted molar refractivity (Wildman–Crippen MR) is 127 cm³/mol. The first-order chi connectivity index (χ1) is 17.3. The summed E-state index contributed by atoms with van der Waals surface area (Å²) in [6, 6.07) is 18.0. The zero-order valence-corrected chi connectivity index (χ0v) is 19.4. The molecule has 190 valence electrons. The van der Waals surface area contributed by atoms with Crippen molar-refractivity contribution in [2.45, 2.75) is 25.7 Å². The first-order valence-corrected chi connectivity index (χ1v) is 11.5. The largest absolute Gasteiger partial charge is 0.620 e. The van der Waals surface area contributed by atoms with Crippen LogP contribution in [0.25, 0.3) is 5.32 Å². The van der Waals surface area contributed by atoms with Gasteiger partial charge in [0.15, 0.2) is 0 Å². The first kappa shape index (κ1) is 25.6. The van der Waals surface area contributed by atoms with Gasteiger partial charge in [0.1, 0.15) is 6.61 Å². The molecule has 0 aliphatic carbocycles. The van der Waals surface area contributed by atoms with Crippen LogP contribution in [0.1, 0.15) is 27.0 Å². The molecule has 36 heavy (non-hydrogen) atoms. The molecule has 0 spiro atoms. The summed E-state index contributed by atoms with van der Waals surface area (Å²) >= 11 is 0. The highest BCUT2D eigenvalue weighted by Gasteiger charge is 2.36. The van der Waals surface area contributed by atoms with Gasteiger partial charge < -0.3 is 20.1 Å². The maximum atomic E-state index is 13.3. The van der Waals surface area contributed by atoms with E-state index in [4.69, 9.17) is 4.74 Å². The Morgan fingerprint density at radius 2 is 1.69 bits per heavy atom. The standard InChI is InChI=1S/C26H26F3N4O3/c27-26(28,29)22-9-5-4-8-21(22)24(34)32-12-14-33(15-13-32)25(35)31-17-20-10-11-30-23(16-20)36-18-19-6-2-1-3-7-19/h1-11,16,25,35H,12-15,17-18H2/q-1. The van der Waals surface area contributed by atoms with Crippen molar-refractivity contribution < 1.29 is 27.8 Å². The number of ether oxygens (including phenoxy) is 1. The van der Waals surface area contributed by atoms with Crippen LogP contribution < -0.4 is 4.74 Å². The molecule has 2 aromatic carbocycles. The molecule has 1 fully saturated rings. The van der Waals surface area contributed by atoms with Gasteiger partial charge in [-0.3, -0.25) is 9.69 Å². The van der Waals surface area contributed by atoms with E-state index in [1.54, 1.807) is 23.2 Å². The minimum Gasteiger partial charge on any atom is -0.620 e. The molecule has 1 unspecified atom stereocenters. The summed E-state index contributed by atoms with van der Waals surface area (Å²) in [4.78, 5) is 20.0. The summed E-state index contributed by atoms with van der Waals surface area (Å²) in [6.45, 7) is 1.55. The molecule has 1 saturated heterocycles. The second-order valence-electron chi connectivity index (χ2n) is 8.34. The third kappa shape index (κ3) is 6.60. The van der Waals surface area contributed by atoms with Gasteiger partial charge >= 0.3 is 6.18 Å². The van der Waals surface area contributed by atoms with Gasteiger partial charge in [-0.25, -0.2) is 4.98 Å². The second kappa shape index (κ2) is 11.5. The lowest BCUT2D eigenvalue weighted by atomic mass is 10.1. The molecule has 1 aliphatic heterocycles. The van der Waals surface area contributed by atoms with E-state index in [1.165, 1.54) is 23.1 Å². The Labute approximate surface area is 207 Å². The molecular weight excluding hydrogens is 473 g/mol. The van der Waals surface area contributed by atoms with E-state index in [1.807, 2.05) is 30.3 Å². The molecule has 3 aromatic rings. The van der Waals surface area contributed by atoms with Crippen molar-refractivity contribution in [1.29, 1.82) is 0 Å². The van der Waals surface area contributed by atoms with Crippen molar-refractivity contribution >= 4 is 5.91 Å². The van der Waals surface area contributed by atoms with Crippen LogP contribution in [0.15, 0.2) is 72.9 Å². The van der Waals surface area contributed by atoms with E-state index in [0.717, 1.165) is 17.2 Å². The van der Waals surface area contributed by atoms with Crippen molar-refractivity contribution in [3.8, 4) is 5.88 Å². The Morgan fingerprint density at radius 1 is 1.00 bits per heavy atom. The number of hydrogen-bond acceptors (Lipinski definition) is 5. The van der Waals surface area contributed by atoms with Gasteiger partial charge in [0.05, 0.1) is 11.1 Å². The molecular formula is C26H26F3N4O3-. The lowest BCUT2D eigenvalue weighted by Crippen LogP contribution is -2.52. The van der Waals surface area contributed by atoms with Crippen molar-refractivity contribution in [2.24, 2.45) is 0 Å². The van der Waals surface area contributed by atoms with Gasteiger partial charge in [-0.05, 0) is 23.8 Å². The predicted octanol–water partition coefficient (Wildman–Crippen LogP) is 4.29. The number of alkyl halides is 3. The monoisotopic (exact) mass is 499 g/mol. The van der Waals surface area contributed by atoms with Crippen LogP contribution in [-0.2, 0) is 19.3 Å². The van der Waals surface area contributed by atoms with E-state index in [9.17, 15) is 23.1 Å². The molecule has 4 rings (SSSR count). The number of benzene rings is 2. The Bertz CT molecular complexity index is 1150. The second-order valence-corrected chi connectivity index (χ2v) is 8.34. The van der Waals surface area contributed by atoms with E-state index < -0.39 is 24.0 Å². The molecule has 2 heterocycles. The average Bonchev–Trinajstić information content (AvgIpc) is 2.90. The molecule has 7 nitrogen and oxygen atoms in total. The molecule has 10 heteroatoms. The van der Waals surface area contributed by atoms with Crippen LogP contribution in [0.5, 0.6) is 5.88 Å². The molecule has 1 aliphatic rings. The zero-order valence-electron chi connectivity index (χ0n) is 19.4. The number of nitrogens with zero attached hydrogens (tertiary/aromatic N) is 4. The first-order valence-electron chi connectivity index (χ1n) is 11.5. The van der Waals surface area contributed by atoms with Crippen LogP contribution in [-0.4, -0.2) is 58.3 Å². The van der Waals surface area contributed by atoms with E-state index >= 15 is 0 Å². The van der Waals surface area contributed by atoms with E-state index in [-0.39, 0.29) is 38.3 Å². The molecule has 0 radical (unpaired) electrons. The fraction of sp³-hybridized carbons (Fsp3) is 0.308. The minimum absolute atomic E-state index is 0.185. The Hall–Kier alpha value is -3.47. The summed E-state index contributed by atoms with van der Waals surface area (Å²) in [5, 5.41) is 14.8. The summed E-state index contributed by atoms with van der Waals surface area (Å²) in [5.74, 6) is -0.221. The number of aliphatic hydroxyl groups excluding tert-OH is 1. The normalized spacial score (nSPS) is 15.5. The maximum Gasteiger partial charge on any atom is 0.417 e. The lowest BCUT2D eigenvalue weighted by Gasteiger charge is -2.43. The van der Waals surface area contributed by atoms with Gasteiger partial charge in [0, 0.05) is 44.8 Å². The summed E-state index contributed by atoms with van der Waals surface area (Å²) < 4.78 is 45.6.